The first-order valence-electron chi connectivity index (χ1n) is 7.14. The first-order valence-corrected chi connectivity index (χ1v) is 8.02. The Kier molecular flexibility index (Phi) is 3.98. The van der Waals surface area contributed by atoms with Crippen molar-refractivity contribution in [2.24, 2.45) is 0 Å². The molecule has 0 aliphatic carbocycles. The molecule has 2 aromatic heterocycles. The van der Waals surface area contributed by atoms with Gasteiger partial charge in [0, 0.05) is 35.9 Å². The van der Waals surface area contributed by atoms with Crippen molar-refractivity contribution in [3.8, 4) is 0 Å². The minimum absolute atomic E-state index is 0.365. The Balaban J connectivity index is 1.76. The third-order valence-electron chi connectivity index (χ3n) is 3.80. The number of hydrogen-bond donors (Lipinski definition) is 1. The molecule has 0 saturated carbocycles. The summed E-state index contributed by atoms with van der Waals surface area (Å²) in [6.45, 7) is 7.14. The molecule has 3 rings (SSSR count). The summed E-state index contributed by atoms with van der Waals surface area (Å²) in [7, 11) is 0. The third kappa shape index (κ3) is 2.55. The molecule has 2 aromatic rings. The van der Waals surface area contributed by atoms with E-state index in [1.165, 1.54) is 10.4 Å². The molecular weight excluding hydrogens is 268 g/mol. The van der Waals surface area contributed by atoms with Gasteiger partial charge in [-0.3, -0.25) is 0 Å². The van der Waals surface area contributed by atoms with Crippen molar-refractivity contribution in [2.45, 2.75) is 32.9 Å². The summed E-state index contributed by atoms with van der Waals surface area (Å²) in [5.74, 6) is 0.842. The first-order chi connectivity index (χ1) is 9.79. The lowest BCUT2D eigenvalue weighted by Crippen LogP contribution is -2.34. The maximum atomic E-state index is 4.54. The maximum Gasteiger partial charge on any atom is 0.225 e. The fourth-order valence-corrected chi connectivity index (χ4v) is 3.60. The van der Waals surface area contributed by atoms with Crippen LogP contribution in [0.5, 0.6) is 0 Å². The second kappa shape index (κ2) is 5.89. The Labute approximate surface area is 123 Å². The van der Waals surface area contributed by atoms with Crippen LogP contribution in [0.25, 0.3) is 0 Å². The Morgan fingerprint density at radius 3 is 2.95 bits per heavy atom. The van der Waals surface area contributed by atoms with Crippen molar-refractivity contribution in [1.29, 1.82) is 0 Å². The maximum absolute atomic E-state index is 4.54. The van der Waals surface area contributed by atoms with Crippen LogP contribution >= 0.6 is 11.3 Å². The molecule has 1 aliphatic heterocycles. The molecule has 0 saturated heterocycles. The summed E-state index contributed by atoms with van der Waals surface area (Å²) in [6.07, 6.45) is 4.96. The van der Waals surface area contributed by atoms with Gasteiger partial charge in [-0.2, -0.15) is 0 Å². The minimum Gasteiger partial charge on any atom is -0.334 e. The van der Waals surface area contributed by atoms with Crippen LogP contribution in [0.1, 0.15) is 35.9 Å². The number of nitrogens with zero attached hydrogens (tertiary/aromatic N) is 3. The molecule has 20 heavy (non-hydrogen) atoms. The lowest BCUT2D eigenvalue weighted by Gasteiger charge is -2.33. The molecule has 0 fully saturated rings. The van der Waals surface area contributed by atoms with Gasteiger partial charge in [-0.05, 0) is 36.9 Å². The molecule has 0 aromatic carbocycles. The van der Waals surface area contributed by atoms with E-state index < -0.39 is 0 Å². The van der Waals surface area contributed by atoms with Crippen molar-refractivity contribution in [2.75, 3.05) is 18.0 Å². The smallest absolute Gasteiger partial charge is 0.225 e. The van der Waals surface area contributed by atoms with Crippen LogP contribution in [0.15, 0.2) is 23.8 Å². The molecule has 1 N–H and O–H groups in total. The zero-order valence-electron chi connectivity index (χ0n) is 12.0. The van der Waals surface area contributed by atoms with E-state index in [1.807, 2.05) is 23.7 Å². The van der Waals surface area contributed by atoms with Crippen LogP contribution < -0.4 is 10.2 Å². The normalized spacial score (nSPS) is 18.1. The zero-order valence-corrected chi connectivity index (χ0v) is 12.8. The lowest BCUT2D eigenvalue weighted by atomic mass is 10.0. The third-order valence-corrected chi connectivity index (χ3v) is 4.80. The standard InChI is InChI=1S/C15H20N4S/c1-3-16-8-12-9-17-15(18-10-12)19-6-4-14-13(11(19)2)5-7-20-14/h5,7,9-11,16H,3-4,6,8H2,1-2H3. The number of hydrogen-bond acceptors (Lipinski definition) is 5. The van der Waals surface area contributed by atoms with E-state index in [2.05, 4.69) is 45.5 Å². The molecule has 5 heteroatoms. The Bertz CT molecular complexity index is 564. The van der Waals surface area contributed by atoms with Crippen LogP contribution in [0, 0.1) is 0 Å². The highest BCUT2D eigenvalue weighted by atomic mass is 32.1. The zero-order chi connectivity index (χ0) is 13.9. The molecule has 1 atom stereocenters. The number of nitrogens with one attached hydrogen (secondary N) is 1. The SMILES string of the molecule is CCNCc1cnc(N2CCc3sccc3C2C)nc1. The molecule has 0 radical (unpaired) electrons. The van der Waals surface area contributed by atoms with Crippen molar-refractivity contribution < 1.29 is 0 Å². The number of fused-ring (bicyclic) bond motifs is 1. The molecule has 106 valence electrons. The van der Waals surface area contributed by atoms with Crippen LogP contribution in [0.2, 0.25) is 0 Å². The monoisotopic (exact) mass is 288 g/mol. The fraction of sp³-hybridized carbons (Fsp3) is 0.467. The van der Waals surface area contributed by atoms with E-state index >= 15 is 0 Å². The van der Waals surface area contributed by atoms with E-state index in [-0.39, 0.29) is 0 Å². The average Bonchev–Trinajstić information content (AvgIpc) is 2.96. The summed E-state index contributed by atoms with van der Waals surface area (Å²) in [6, 6.07) is 2.60. The van der Waals surface area contributed by atoms with Crippen molar-refractivity contribution in [3.63, 3.8) is 0 Å². The van der Waals surface area contributed by atoms with Crippen LogP contribution in [0.3, 0.4) is 0 Å². The number of aromatic nitrogens is 2. The molecule has 1 aliphatic rings. The van der Waals surface area contributed by atoms with E-state index in [0.29, 0.717) is 6.04 Å². The average molecular weight is 288 g/mol. The molecule has 4 nitrogen and oxygen atoms in total. The predicted octanol–water partition coefficient (Wildman–Crippen LogP) is 2.77. The van der Waals surface area contributed by atoms with Crippen molar-refractivity contribution >= 4 is 17.3 Å². The van der Waals surface area contributed by atoms with E-state index in [9.17, 15) is 0 Å². The topological polar surface area (TPSA) is 41.1 Å². The molecule has 0 bridgehead atoms. The van der Waals surface area contributed by atoms with E-state index in [1.54, 1.807) is 0 Å². The van der Waals surface area contributed by atoms with Gasteiger partial charge in [-0.1, -0.05) is 6.92 Å². The van der Waals surface area contributed by atoms with E-state index in [0.717, 1.165) is 37.6 Å². The van der Waals surface area contributed by atoms with Gasteiger partial charge in [0.25, 0.3) is 0 Å². The summed E-state index contributed by atoms with van der Waals surface area (Å²) >= 11 is 1.86. The highest BCUT2D eigenvalue weighted by molar-refractivity contribution is 7.10. The van der Waals surface area contributed by atoms with Crippen molar-refractivity contribution in [3.05, 3.63) is 39.8 Å². The molecule has 0 spiro atoms. The van der Waals surface area contributed by atoms with Gasteiger partial charge >= 0.3 is 0 Å². The highest BCUT2D eigenvalue weighted by Gasteiger charge is 2.26. The molecule has 0 amide bonds. The van der Waals surface area contributed by atoms with Crippen LogP contribution in [-0.2, 0) is 13.0 Å². The quantitative estimate of drug-likeness (QED) is 0.939. The van der Waals surface area contributed by atoms with Gasteiger partial charge in [0.15, 0.2) is 0 Å². The van der Waals surface area contributed by atoms with Gasteiger partial charge in [-0.25, -0.2) is 9.97 Å². The number of anilines is 1. The first kappa shape index (κ1) is 13.5. The summed E-state index contributed by atoms with van der Waals surface area (Å²) < 4.78 is 0. The summed E-state index contributed by atoms with van der Waals surface area (Å²) in [5.41, 5.74) is 2.57. The Morgan fingerprint density at radius 1 is 1.40 bits per heavy atom. The minimum atomic E-state index is 0.365. The van der Waals surface area contributed by atoms with Crippen LogP contribution in [-0.4, -0.2) is 23.1 Å². The second-order valence-corrected chi connectivity index (χ2v) is 6.09. The summed E-state index contributed by atoms with van der Waals surface area (Å²) in [5, 5.41) is 5.48. The number of rotatable bonds is 4. The predicted molar refractivity (Wildman–Crippen MR) is 83.2 cm³/mol. The van der Waals surface area contributed by atoms with E-state index in [4.69, 9.17) is 0 Å². The van der Waals surface area contributed by atoms with Gasteiger partial charge in [0.1, 0.15) is 0 Å². The van der Waals surface area contributed by atoms with Gasteiger partial charge < -0.3 is 10.2 Å². The Hall–Kier alpha value is -1.46. The number of thiophene rings is 1. The summed E-state index contributed by atoms with van der Waals surface area (Å²) in [4.78, 5) is 12.9. The molecule has 3 heterocycles. The fourth-order valence-electron chi connectivity index (χ4n) is 2.64. The lowest BCUT2D eigenvalue weighted by molar-refractivity contribution is 0.614. The molecular formula is C15H20N4S. The highest BCUT2D eigenvalue weighted by Crippen LogP contribution is 2.34. The molecule has 1 unspecified atom stereocenters. The van der Waals surface area contributed by atoms with Crippen LogP contribution in [0.4, 0.5) is 5.95 Å². The Morgan fingerprint density at radius 2 is 2.20 bits per heavy atom. The van der Waals surface area contributed by atoms with Crippen molar-refractivity contribution in [1.82, 2.24) is 15.3 Å². The van der Waals surface area contributed by atoms with Gasteiger partial charge in [0.2, 0.25) is 5.95 Å². The largest absolute Gasteiger partial charge is 0.334 e. The van der Waals surface area contributed by atoms with Gasteiger partial charge in [0.05, 0.1) is 6.04 Å². The van der Waals surface area contributed by atoms with Gasteiger partial charge in [-0.15, -0.1) is 11.3 Å². The second-order valence-electron chi connectivity index (χ2n) is 5.09.